The molecule has 1 aromatic carbocycles. The van der Waals surface area contributed by atoms with Gasteiger partial charge in [0.05, 0.1) is 35.5 Å². The van der Waals surface area contributed by atoms with E-state index in [9.17, 15) is 4.79 Å². The molecule has 1 fully saturated rings. The van der Waals surface area contributed by atoms with E-state index < -0.39 is 5.91 Å². The molecule has 4 N–H and O–H groups in total. The fourth-order valence-electron chi connectivity index (χ4n) is 3.84. The maximum Gasteiger partial charge on any atom is 0.277 e. The van der Waals surface area contributed by atoms with Crippen molar-refractivity contribution < 1.29 is 14.7 Å². The number of carbonyl (C=O) groups excluding carboxylic acids is 1. The smallest absolute Gasteiger partial charge is 0.277 e. The summed E-state index contributed by atoms with van der Waals surface area (Å²) in [5, 5.41) is 8.76. The number of rotatable bonds is 6. The zero-order valence-electron chi connectivity index (χ0n) is 19.0. The molecule has 0 unspecified atom stereocenters. The monoisotopic (exact) mass is 492 g/mol. The number of hydroxylamine groups is 1. The van der Waals surface area contributed by atoms with Gasteiger partial charge < -0.3 is 20.3 Å². The van der Waals surface area contributed by atoms with Crippen LogP contribution in [0, 0.1) is 0 Å². The maximum absolute atomic E-state index is 11.5. The molecule has 0 aliphatic carbocycles. The molecule has 180 valence electrons. The lowest BCUT2D eigenvalue weighted by Crippen LogP contribution is -2.36. The number of anilines is 3. The average Bonchev–Trinajstić information content (AvgIpc) is 3.30. The lowest BCUT2D eigenvalue weighted by molar-refractivity contribution is 0.0705. The number of amides is 1. The molecule has 1 saturated heterocycles. The predicted octanol–water partition coefficient (Wildman–Crippen LogP) is 2.32. The first-order valence-corrected chi connectivity index (χ1v) is 11.8. The van der Waals surface area contributed by atoms with Gasteiger partial charge in [-0.15, -0.1) is 11.3 Å². The molecule has 0 radical (unpaired) electrons. The molecule has 1 aliphatic heterocycles. The van der Waals surface area contributed by atoms with Crippen LogP contribution in [0.3, 0.4) is 0 Å². The summed E-state index contributed by atoms with van der Waals surface area (Å²) < 4.78 is 6.56. The van der Waals surface area contributed by atoms with Gasteiger partial charge in [0, 0.05) is 48.7 Å². The Morgan fingerprint density at radius 3 is 2.71 bits per heavy atom. The number of carbonyl (C=O) groups is 1. The highest BCUT2D eigenvalue weighted by Gasteiger charge is 2.21. The van der Waals surface area contributed by atoms with E-state index in [4.69, 9.17) is 25.6 Å². The predicted molar refractivity (Wildman–Crippen MR) is 134 cm³/mol. The number of hydrogen-bond acceptors (Lipinski definition) is 11. The summed E-state index contributed by atoms with van der Waals surface area (Å²) in [6.07, 6.45) is 2.74. The average molecular weight is 493 g/mol. The van der Waals surface area contributed by atoms with Crippen LogP contribution in [0.1, 0.15) is 15.2 Å². The van der Waals surface area contributed by atoms with Crippen LogP contribution in [0.4, 0.5) is 17.5 Å². The van der Waals surface area contributed by atoms with Crippen molar-refractivity contribution in [3.63, 3.8) is 0 Å². The zero-order chi connectivity index (χ0) is 24.4. The van der Waals surface area contributed by atoms with Gasteiger partial charge in [0.2, 0.25) is 5.95 Å². The summed E-state index contributed by atoms with van der Waals surface area (Å²) in [6, 6.07) is 9.64. The fourth-order valence-corrected chi connectivity index (χ4v) is 5.01. The molecular weight excluding hydrogens is 468 g/mol. The summed E-state index contributed by atoms with van der Waals surface area (Å²) in [4.78, 5) is 35.0. The number of aromatic nitrogens is 4. The molecule has 0 spiro atoms. The number of nitrogen functional groups attached to an aromatic ring is 1. The summed E-state index contributed by atoms with van der Waals surface area (Å²) >= 11 is 1.63. The molecule has 3 aromatic heterocycles. The van der Waals surface area contributed by atoms with E-state index >= 15 is 0 Å². The lowest BCUT2D eigenvalue weighted by atomic mass is 10.2. The van der Waals surface area contributed by atoms with Gasteiger partial charge in [-0.05, 0) is 18.2 Å². The maximum atomic E-state index is 11.5. The van der Waals surface area contributed by atoms with E-state index in [1.54, 1.807) is 16.8 Å². The Bertz CT molecular complexity index is 1350. The van der Waals surface area contributed by atoms with E-state index in [2.05, 4.69) is 20.9 Å². The van der Waals surface area contributed by atoms with Gasteiger partial charge in [-0.1, -0.05) is 12.1 Å². The normalized spacial score (nSPS) is 13.7. The first-order chi connectivity index (χ1) is 17.0. The minimum Gasteiger partial charge on any atom is -0.399 e. The third-order valence-electron chi connectivity index (χ3n) is 5.60. The van der Waals surface area contributed by atoms with Gasteiger partial charge in [0.1, 0.15) is 0 Å². The van der Waals surface area contributed by atoms with Crippen LogP contribution >= 0.6 is 11.3 Å². The van der Waals surface area contributed by atoms with Crippen molar-refractivity contribution >= 4 is 44.9 Å². The van der Waals surface area contributed by atoms with Gasteiger partial charge in [-0.25, -0.2) is 25.4 Å². The minimum atomic E-state index is -0.658. The highest BCUT2D eigenvalue weighted by molar-refractivity contribution is 7.19. The number of benzene rings is 1. The van der Waals surface area contributed by atoms with E-state index in [0.29, 0.717) is 37.2 Å². The zero-order valence-corrected chi connectivity index (χ0v) is 19.8. The SMILES string of the molecule is CN(Cc1cc2nc(-c3cccc(N)c3)nc(N3CCOCC3)c2s1)c1ncc(C(=O)NO)cn1. The standard InChI is InChI=1S/C23H24N8O3S/c1-30(23-25-11-15(12-26-23)22(32)29-33)13-17-10-18-19(35-17)21(31-5-7-34-8-6-31)28-20(27-18)14-3-2-4-16(24)9-14/h2-4,9-12,33H,5-8,13,24H2,1H3,(H,29,32). The van der Waals surface area contributed by atoms with Crippen molar-refractivity contribution in [3.8, 4) is 11.4 Å². The molecular formula is C23H24N8O3S. The Balaban J connectivity index is 1.48. The molecule has 35 heavy (non-hydrogen) atoms. The van der Waals surface area contributed by atoms with Crippen LogP contribution in [0.2, 0.25) is 0 Å². The van der Waals surface area contributed by atoms with Crippen molar-refractivity contribution in [2.45, 2.75) is 6.54 Å². The van der Waals surface area contributed by atoms with Gasteiger partial charge in [-0.3, -0.25) is 10.0 Å². The molecule has 12 heteroatoms. The van der Waals surface area contributed by atoms with E-state index in [1.807, 2.05) is 36.2 Å². The number of morpholine rings is 1. The lowest BCUT2D eigenvalue weighted by Gasteiger charge is -2.28. The van der Waals surface area contributed by atoms with Crippen LogP contribution in [0.15, 0.2) is 42.7 Å². The Morgan fingerprint density at radius 2 is 2.00 bits per heavy atom. The first kappa shape index (κ1) is 22.9. The minimum absolute atomic E-state index is 0.172. The van der Waals surface area contributed by atoms with Crippen LogP contribution < -0.4 is 21.0 Å². The highest BCUT2D eigenvalue weighted by Crippen LogP contribution is 2.35. The Morgan fingerprint density at radius 1 is 1.23 bits per heavy atom. The number of hydrogen-bond donors (Lipinski definition) is 3. The Kier molecular flexibility index (Phi) is 6.40. The summed E-state index contributed by atoms with van der Waals surface area (Å²) in [5.41, 5.74) is 10.1. The first-order valence-electron chi connectivity index (χ1n) is 11.0. The topological polar surface area (TPSA) is 143 Å². The molecule has 4 heterocycles. The molecule has 1 aliphatic rings. The van der Waals surface area contributed by atoms with Crippen molar-refractivity contribution in [1.29, 1.82) is 0 Å². The number of thiophene rings is 1. The van der Waals surface area contributed by atoms with Gasteiger partial charge in [0.15, 0.2) is 11.6 Å². The largest absolute Gasteiger partial charge is 0.399 e. The van der Waals surface area contributed by atoms with Crippen molar-refractivity contribution in [2.24, 2.45) is 0 Å². The molecule has 5 rings (SSSR count). The number of nitrogens with one attached hydrogen (secondary N) is 1. The number of ether oxygens (including phenoxy) is 1. The fraction of sp³-hybridized carbons (Fsp3) is 0.261. The molecule has 11 nitrogen and oxygen atoms in total. The molecule has 0 saturated carbocycles. The van der Waals surface area contributed by atoms with Crippen molar-refractivity contribution in [1.82, 2.24) is 25.4 Å². The van der Waals surface area contributed by atoms with Gasteiger partial charge in [-0.2, -0.15) is 0 Å². The third-order valence-corrected chi connectivity index (χ3v) is 6.70. The van der Waals surface area contributed by atoms with Crippen LogP contribution in [-0.2, 0) is 11.3 Å². The van der Waals surface area contributed by atoms with E-state index in [1.165, 1.54) is 12.4 Å². The molecule has 1 amide bonds. The van der Waals surface area contributed by atoms with Crippen molar-refractivity contribution in [2.75, 3.05) is 48.9 Å². The Hall–Kier alpha value is -3.87. The van der Waals surface area contributed by atoms with Gasteiger partial charge in [0.25, 0.3) is 5.91 Å². The summed E-state index contributed by atoms with van der Waals surface area (Å²) in [7, 11) is 1.87. The van der Waals surface area contributed by atoms with E-state index in [-0.39, 0.29) is 5.56 Å². The van der Waals surface area contributed by atoms with Crippen LogP contribution in [-0.4, -0.2) is 64.4 Å². The highest BCUT2D eigenvalue weighted by atomic mass is 32.1. The number of fused-ring (bicyclic) bond motifs is 1. The number of nitrogens with zero attached hydrogens (tertiary/aromatic N) is 6. The number of nitrogens with two attached hydrogens (primary N) is 1. The molecule has 0 atom stereocenters. The second kappa shape index (κ2) is 9.78. The summed E-state index contributed by atoms with van der Waals surface area (Å²) in [6.45, 7) is 3.38. The second-order valence-electron chi connectivity index (χ2n) is 8.09. The molecule has 0 bridgehead atoms. The molecule has 4 aromatic rings. The quantitative estimate of drug-likeness (QED) is 0.208. The van der Waals surface area contributed by atoms with Crippen LogP contribution in [0.5, 0.6) is 0 Å². The van der Waals surface area contributed by atoms with Crippen LogP contribution in [0.25, 0.3) is 21.6 Å². The third kappa shape index (κ3) is 4.85. The van der Waals surface area contributed by atoms with E-state index in [0.717, 1.165) is 39.6 Å². The Labute approximate surface area is 205 Å². The van der Waals surface area contributed by atoms with Crippen molar-refractivity contribution in [3.05, 3.63) is 53.2 Å². The second-order valence-corrected chi connectivity index (χ2v) is 9.23. The summed E-state index contributed by atoms with van der Waals surface area (Å²) in [5.74, 6) is 1.32. The van der Waals surface area contributed by atoms with Gasteiger partial charge >= 0.3 is 0 Å².